The molecule has 76 valence electrons. The van der Waals surface area contributed by atoms with Crippen LogP contribution in [0.5, 0.6) is 0 Å². The van der Waals surface area contributed by atoms with Crippen molar-refractivity contribution in [2.75, 3.05) is 11.9 Å². The third-order valence-electron chi connectivity index (χ3n) is 1.27. The standard InChI is InChI=1S/C7H13BrN2O3/c1-5(6(9)11)10-7(12)13-4-2-3-8/h5H,2-4H2,1H3,(H2,9,11)(H,10,12). The third kappa shape index (κ3) is 6.39. The number of carbonyl (C=O) groups excluding carboxylic acids is 2. The Balaban J connectivity index is 3.56. The van der Waals surface area contributed by atoms with Gasteiger partial charge in [0.1, 0.15) is 6.04 Å². The molecule has 0 aromatic carbocycles. The van der Waals surface area contributed by atoms with Crippen LogP contribution in [-0.4, -0.2) is 30.0 Å². The Bertz CT molecular complexity index is 187. The number of alkyl halides is 1. The second-order valence-electron chi connectivity index (χ2n) is 2.45. The maximum atomic E-state index is 10.9. The first-order chi connectivity index (χ1) is 6.07. The average molecular weight is 253 g/mol. The molecule has 0 saturated carbocycles. The molecule has 1 atom stereocenters. The summed E-state index contributed by atoms with van der Waals surface area (Å²) >= 11 is 3.19. The van der Waals surface area contributed by atoms with Crippen molar-refractivity contribution in [2.45, 2.75) is 19.4 Å². The highest BCUT2D eigenvalue weighted by atomic mass is 79.9. The molecule has 0 aliphatic carbocycles. The first kappa shape index (κ1) is 12.2. The highest BCUT2D eigenvalue weighted by Gasteiger charge is 2.12. The van der Waals surface area contributed by atoms with Crippen molar-refractivity contribution < 1.29 is 14.3 Å². The summed E-state index contributed by atoms with van der Waals surface area (Å²) in [5.41, 5.74) is 4.92. The van der Waals surface area contributed by atoms with Crippen molar-refractivity contribution in [1.29, 1.82) is 0 Å². The van der Waals surface area contributed by atoms with Gasteiger partial charge in [0.15, 0.2) is 0 Å². The molecule has 3 N–H and O–H groups in total. The summed E-state index contributed by atoms with van der Waals surface area (Å²) in [6.07, 6.45) is 0.116. The molecule has 1 unspecified atom stereocenters. The molecule has 0 aliphatic rings. The van der Waals surface area contributed by atoms with E-state index in [-0.39, 0.29) is 0 Å². The van der Waals surface area contributed by atoms with Gasteiger partial charge in [-0.2, -0.15) is 0 Å². The molecule has 0 fully saturated rings. The van der Waals surface area contributed by atoms with Crippen LogP contribution in [0.15, 0.2) is 0 Å². The van der Waals surface area contributed by atoms with Crippen LogP contribution in [0.1, 0.15) is 13.3 Å². The fraction of sp³-hybridized carbons (Fsp3) is 0.714. The van der Waals surface area contributed by atoms with Crippen molar-refractivity contribution in [3.05, 3.63) is 0 Å². The number of nitrogens with one attached hydrogen (secondary N) is 1. The van der Waals surface area contributed by atoms with Gasteiger partial charge in [0, 0.05) is 5.33 Å². The van der Waals surface area contributed by atoms with Crippen molar-refractivity contribution in [3.8, 4) is 0 Å². The van der Waals surface area contributed by atoms with Gasteiger partial charge >= 0.3 is 6.09 Å². The van der Waals surface area contributed by atoms with E-state index in [1.165, 1.54) is 6.92 Å². The van der Waals surface area contributed by atoms with Gasteiger partial charge in [-0.3, -0.25) is 4.79 Å². The molecular formula is C7H13BrN2O3. The fourth-order valence-corrected chi connectivity index (χ4v) is 0.738. The largest absolute Gasteiger partial charge is 0.450 e. The number of halogens is 1. The van der Waals surface area contributed by atoms with Crippen LogP contribution >= 0.6 is 15.9 Å². The van der Waals surface area contributed by atoms with E-state index >= 15 is 0 Å². The van der Waals surface area contributed by atoms with E-state index in [9.17, 15) is 9.59 Å². The summed E-state index contributed by atoms with van der Waals surface area (Å²) in [5.74, 6) is -0.586. The van der Waals surface area contributed by atoms with E-state index in [0.717, 1.165) is 11.8 Å². The SMILES string of the molecule is CC(NC(=O)OCCCBr)C(N)=O. The third-order valence-corrected chi connectivity index (χ3v) is 1.83. The topological polar surface area (TPSA) is 81.4 Å². The van der Waals surface area contributed by atoms with Crippen LogP contribution in [0, 0.1) is 0 Å². The molecule has 0 aliphatic heterocycles. The Kier molecular flexibility index (Phi) is 6.30. The van der Waals surface area contributed by atoms with Crippen LogP contribution in [0.25, 0.3) is 0 Å². The van der Waals surface area contributed by atoms with Gasteiger partial charge in [-0.15, -0.1) is 0 Å². The lowest BCUT2D eigenvalue weighted by atomic mass is 10.3. The van der Waals surface area contributed by atoms with Crippen molar-refractivity contribution >= 4 is 27.9 Å². The summed E-state index contributed by atoms with van der Waals surface area (Å²) in [5, 5.41) is 3.06. The lowest BCUT2D eigenvalue weighted by Crippen LogP contribution is -2.42. The van der Waals surface area contributed by atoms with Gasteiger partial charge in [0.2, 0.25) is 5.91 Å². The minimum Gasteiger partial charge on any atom is -0.450 e. The Morgan fingerprint density at radius 1 is 1.62 bits per heavy atom. The van der Waals surface area contributed by atoms with Crippen LogP contribution < -0.4 is 11.1 Å². The second-order valence-corrected chi connectivity index (χ2v) is 3.24. The molecule has 6 heteroatoms. The minimum absolute atomic E-state index is 0.322. The summed E-state index contributed by atoms with van der Waals surface area (Å²) in [7, 11) is 0. The zero-order chi connectivity index (χ0) is 10.3. The number of amides is 2. The second kappa shape index (κ2) is 6.71. The molecule has 5 nitrogen and oxygen atoms in total. The number of carbonyl (C=O) groups is 2. The molecule has 0 rings (SSSR count). The number of nitrogens with two attached hydrogens (primary N) is 1. The average Bonchev–Trinajstić information content (AvgIpc) is 2.04. The predicted molar refractivity (Wildman–Crippen MR) is 51.6 cm³/mol. The summed E-state index contributed by atoms with van der Waals surface area (Å²) in [6.45, 7) is 1.82. The minimum atomic E-state index is -0.698. The molecule has 0 bridgehead atoms. The summed E-state index contributed by atoms with van der Waals surface area (Å²) in [6, 6.07) is -0.698. The maximum absolute atomic E-state index is 10.9. The summed E-state index contributed by atoms with van der Waals surface area (Å²) in [4.78, 5) is 21.4. The predicted octanol–water partition coefficient (Wildman–Crippen LogP) is 0.371. The van der Waals surface area contributed by atoms with Crippen molar-refractivity contribution in [3.63, 3.8) is 0 Å². The fourth-order valence-electron chi connectivity index (χ4n) is 0.509. The number of hydrogen-bond acceptors (Lipinski definition) is 3. The smallest absolute Gasteiger partial charge is 0.407 e. The lowest BCUT2D eigenvalue weighted by Gasteiger charge is -2.09. The Morgan fingerprint density at radius 2 is 2.23 bits per heavy atom. The van der Waals surface area contributed by atoms with E-state index in [2.05, 4.69) is 21.2 Å². The van der Waals surface area contributed by atoms with Gasteiger partial charge in [-0.1, -0.05) is 15.9 Å². The zero-order valence-electron chi connectivity index (χ0n) is 7.38. The van der Waals surface area contributed by atoms with Crippen LogP contribution in [0.4, 0.5) is 4.79 Å². The molecule has 0 spiro atoms. The number of hydrogen-bond donors (Lipinski definition) is 2. The van der Waals surface area contributed by atoms with Gasteiger partial charge in [-0.05, 0) is 13.3 Å². The molecule has 0 aromatic rings. The van der Waals surface area contributed by atoms with Crippen LogP contribution in [-0.2, 0) is 9.53 Å². The van der Waals surface area contributed by atoms with Crippen molar-refractivity contribution in [1.82, 2.24) is 5.32 Å². The quantitative estimate of drug-likeness (QED) is 0.548. The van der Waals surface area contributed by atoms with Crippen LogP contribution in [0.2, 0.25) is 0 Å². The number of ether oxygens (including phenoxy) is 1. The molecule has 0 aromatic heterocycles. The molecule has 2 amide bonds. The molecular weight excluding hydrogens is 240 g/mol. The zero-order valence-corrected chi connectivity index (χ0v) is 8.96. The van der Waals surface area contributed by atoms with E-state index in [0.29, 0.717) is 6.61 Å². The van der Waals surface area contributed by atoms with Gasteiger partial charge in [0.25, 0.3) is 0 Å². The van der Waals surface area contributed by atoms with E-state index < -0.39 is 18.0 Å². The van der Waals surface area contributed by atoms with Gasteiger partial charge in [-0.25, -0.2) is 4.79 Å². The highest BCUT2D eigenvalue weighted by molar-refractivity contribution is 9.09. The number of primary amides is 1. The van der Waals surface area contributed by atoms with E-state index in [4.69, 9.17) is 10.5 Å². The number of alkyl carbamates (subject to hydrolysis) is 1. The van der Waals surface area contributed by atoms with Crippen molar-refractivity contribution in [2.24, 2.45) is 5.73 Å². The number of rotatable bonds is 5. The summed E-state index contributed by atoms with van der Waals surface area (Å²) < 4.78 is 4.72. The monoisotopic (exact) mass is 252 g/mol. The molecule has 13 heavy (non-hydrogen) atoms. The van der Waals surface area contributed by atoms with E-state index in [1.807, 2.05) is 0 Å². The Hall–Kier alpha value is -0.780. The molecule has 0 heterocycles. The maximum Gasteiger partial charge on any atom is 0.407 e. The Morgan fingerprint density at radius 3 is 2.69 bits per heavy atom. The normalized spacial score (nSPS) is 11.8. The first-order valence-corrected chi connectivity index (χ1v) is 4.98. The Labute approximate surface area is 85.1 Å². The van der Waals surface area contributed by atoms with E-state index in [1.54, 1.807) is 0 Å². The van der Waals surface area contributed by atoms with Gasteiger partial charge in [0.05, 0.1) is 6.61 Å². The first-order valence-electron chi connectivity index (χ1n) is 3.86. The molecule has 0 radical (unpaired) electrons. The van der Waals surface area contributed by atoms with Gasteiger partial charge < -0.3 is 15.8 Å². The lowest BCUT2D eigenvalue weighted by molar-refractivity contribution is -0.119. The highest BCUT2D eigenvalue weighted by Crippen LogP contribution is 1.90. The molecule has 0 saturated heterocycles. The van der Waals surface area contributed by atoms with Crippen LogP contribution in [0.3, 0.4) is 0 Å².